The Bertz CT molecular complexity index is 960. The SMILES string of the molecule is CC1(C)S[C@H]2N(C(=O)C2(C)NC(=O)Cc2ccc(S(N)(=O)=O)cc2)[C@H]1C(=O)O. The van der Waals surface area contributed by atoms with Gasteiger partial charge in [-0.15, -0.1) is 11.8 Å². The number of fused-ring (bicyclic) bond motifs is 1. The molecule has 1 aromatic rings. The van der Waals surface area contributed by atoms with Crippen LogP contribution >= 0.6 is 11.8 Å². The van der Waals surface area contributed by atoms with E-state index in [1.165, 1.54) is 40.9 Å². The second kappa shape index (κ2) is 6.46. The van der Waals surface area contributed by atoms with Crippen molar-refractivity contribution in [1.29, 1.82) is 0 Å². The Morgan fingerprint density at radius 3 is 2.32 bits per heavy atom. The molecule has 0 saturated carbocycles. The Hall–Kier alpha value is -2.11. The van der Waals surface area contributed by atoms with E-state index >= 15 is 0 Å². The number of benzene rings is 1. The molecular formula is C17H21N3O6S2. The minimum atomic E-state index is -3.81. The van der Waals surface area contributed by atoms with E-state index in [1.807, 2.05) is 0 Å². The highest BCUT2D eigenvalue weighted by atomic mass is 32.2. The van der Waals surface area contributed by atoms with Crippen molar-refractivity contribution in [3.63, 3.8) is 0 Å². The molecule has 3 atom stereocenters. The van der Waals surface area contributed by atoms with Gasteiger partial charge >= 0.3 is 5.97 Å². The number of rotatable bonds is 5. The molecule has 2 aliphatic heterocycles. The fourth-order valence-electron chi connectivity index (χ4n) is 3.65. The summed E-state index contributed by atoms with van der Waals surface area (Å²) >= 11 is 1.35. The van der Waals surface area contributed by atoms with Gasteiger partial charge in [-0.25, -0.2) is 18.4 Å². The molecule has 2 amide bonds. The van der Waals surface area contributed by atoms with Crippen LogP contribution < -0.4 is 10.5 Å². The van der Waals surface area contributed by atoms with Gasteiger partial charge in [0.15, 0.2) is 0 Å². The molecule has 1 unspecified atom stereocenters. The summed E-state index contributed by atoms with van der Waals surface area (Å²) in [6, 6.07) is 4.62. The molecule has 2 aliphatic rings. The van der Waals surface area contributed by atoms with Crippen molar-refractivity contribution >= 4 is 39.6 Å². The van der Waals surface area contributed by atoms with Crippen molar-refractivity contribution in [2.24, 2.45) is 5.14 Å². The number of nitrogens with one attached hydrogen (secondary N) is 1. The number of hydrogen-bond donors (Lipinski definition) is 3. The van der Waals surface area contributed by atoms with Crippen LogP contribution in [0.15, 0.2) is 29.2 Å². The maximum Gasteiger partial charge on any atom is 0.327 e. The molecule has 11 heteroatoms. The maximum absolute atomic E-state index is 12.7. The third-order valence-electron chi connectivity index (χ3n) is 5.03. The highest BCUT2D eigenvalue weighted by Gasteiger charge is 2.69. The van der Waals surface area contributed by atoms with Crippen molar-refractivity contribution in [2.45, 2.75) is 53.8 Å². The Morgan fingerprint density at radius 1 is 1.25 bits per heavy atom. The number of nitrogens with zero attached hydrogens (tertiary/aromatic N) is 1. The average molecular weight is 428 g/mol. The van der Waals surface area contributed by atoms with Crippen LogP contribution in [0.5, 0.6) is 0 Å². The predicted octanol–water partition coefficient (Wildman–Crippen LogP) is -0.102. The summed E-state index contributed by atoms with van der Waals surface area (Å²) in [5.41, 5.74) is -0.635. The van der Waals surface area contributed by atoms with Crippen LogP contribution in [-0.2, 0) is 30.8 Å². The lowest BCUT2D eigenvalue weighted by Gasteiger charge is -2.51. The first-order valence-electron chi connectivity index (χ1n) is 8.43. The van der Waals surface area contributed by atoms with Crippen molar-refractivity contribution in [1.82, 2.24) is 10.2 Å². The number of amides is 2. The zero-order valence-corrected chi connectivity index (χ0v) is 17.1. The van der Waals surface area contributed by atoms with Crippen LogP contribution in [0.2, 0.25) is 0 Å². The maximum atomic E-state index is 12.7. The summed E-state index contributed by atoms with van der Waals surface area (Å²) in [6.45, 7) is 5.11. The monoisotopic (exact) mass is 427 g/mol. The zero-order chi connectivity index (χ0) is 21.1. The van der Waals surface area contributed by atoms with E-state index in [1.54, 1.807) is 20.8 Å². The molecule has 4 N–H and O–H groups in total. The highest BCUT2D eigenvalue weighted by Crippen LogP contribution is 2.54. The largest absolute Gasteiger partial charge is 0.480 e. The lowest BCUT2D eigenvalue weighted by atomic mass is 9.86. The van der Waals surface area contributed by atoms with Crippen molar-refractivity contribution in [3.05, 3.63) is 29.8 Å². The molecule has 9 nitrogen and oxygen atoms in total. The average Bonchev–Trinajstić information content (AvgIpc) is 2.84. The molecule has 3 rings (SSSR count). The number of β-lactam (4-membered cyclic amide) rings is 1. The van der Waals surface area contributed by atoms with Gasteiger partial charge in [-0.3, -0.25) is 9.59 Å². The summed E-state index contributed by atoms with van der Waals surface area (Å²) in [7, 11) is -3.81. The number of thioether (sulfide) groups is 1. The first-order chi connectivity index (χ1) is 12.8. The number of carboxylic acids is 1. The van der Waals surface area contributed by atoms with Gasteiger partial charge in [-0.05, 0) is 38.5 Å². The third-order valence-corrected chi connectivity index (χ3v) is 7.71. The smallest absolute Gasteiger partial charge is 0.327 e. The van der Waals surface area contributed by atoms with Crippen molar-refractivity contribution in [3.8, 4) is 0 Å². The van der Waals surface area contributed by atoms with Gasteiger partial charge in [-0.2, -0.15) is 0 Å². The van der Waals surface area contributed by atoms with Gasteiger partial charge in [0, 0.05) is 4.75 Å². The molecule has 2 heterocycles. The molecule has 0 spiro atoms. The van der Waals surface area contributed by atoms with E-state index in [0.717, 1.165) is 0 Å². The molecule has 0 radical (unpaired) electrons. The van der Waals surface area contributed by atoms with E-state index in [0.29, 0.717) is 5.56 Å². The molecule has 28 heavy (non-hydrogen) atoms. The van der Waals surface area contributed by atoms with E-state index in [4.69, 9.17) is 5.14 Å². The summed E-state index contributed by atoms with van der Waals surface area (Å²) in [4.78, 5) is 38.0. The van der Waals surface area contributed by atoms with Crippen LogP contribution in [0.4, 0.5) is 0 Å². The summed E-state index contributed by atoms with van der Waals surface area (Å²) in [5, 5.41) is 16.8. The summed E-state index contributed by atoms with van der Waals surface area (Å²) in [5.74, 6) is -1.92. The Labute approximate surface area is 166 Å². The number of hydrogen-bond acceptors (Lipinski definition) is 6. The molecule has 2 fully saturated rings. The Kier molecular flexibility index (Phi) is 4.76. The summed E-state index contributed by atoms with van der Waals surface area (Å²) < 4.78 is 21.9. The molecule has 1 aromatic carbocycles. The predicted molar refractivity (Wildman–Crippen MR) is 102 cm³/mol. The Balaban J connectivity index is 1.71. The lowest BCUT2D eigenvalue weighted by Crippen LogP contribution is -2.78. The van der Waals surface area contributed by atoms with E-state index < -0.39 is 49.5 Å². The van der Waals surface area contributed by atoms with Gasteiger partial charge < -0.3 is 15.3 Å². The fraction of sp³-hybridized carbons (Fsp3) is 0.471. The molecule has 2 saturated heterocycles. The quantitative estimate of drug-likeness (QED) is 0.556. The number of primary sulfonamides is 1. The lowest BCUT2D eigenvalue weighted by molar-refractivity contribution is -0.167. The zero-order valence-electron chi connectivity index (χ0n) is 15.5. The minimum absolute atomic E-state index is 0.0577. The van der Waals surface area contributed by atoms with Gasteiger partial charge in [-0.1, -0.05) is 12.1 Å². The molecule has 152 valence electrons. The third kappa shape index (κ3) is 3.27. The van der Waals surface area contributed by atoms with E-state index in [-0.39, 0.29) is 11.3 Å². The first-order valence-corrected chi connectivity index (χ1v) is 10.9. The minimum Gasteiger partial charge on any atom is -0.480 e. The van der Waals surface area contributed by atoms with E-state index in [2.05, 4.69) is 5.32 Å². The van der Waals surface area contributed by atoms with Gasteiger partial charge in [0.1, 0.15) is 17.0 Å². The normalized spacial score (nSPS) is 28.4. The van der Waals surface area contributed by atoms with Crippen LogP contribution in [0, 0.1) is 0 Å². The standard InChI is InChI=1S/C17H21N3O6S2/c1-16(2)12(13(22)23)20-14(24)17(3,15(20)27-16)19-11(21)8-9-4-6-10(7-5-9)28(18,25)26/h4-7,12,15H,8H2,1-3H3,(H,19,21)(H,22,23)(H2,18,25,26)/t12-,15+,17?/m0/s1. The molecular weight excluding hydrogens is 406 g/mol. The van der Waals surface area contributed by atoms with Gasteiger partial charge in [0.25, 0.3) is 5.91 Å². The second-order valence-electron chi connectivity index (χ2n) is 7.64. The number of aliphatic carboxylic acids is 1. The fourth-order valence-corrected chi connectivity index (χ4v) is 5.82. The highest BCUT2D eigenvalue weighted by molar-refractivity contribution is 8.01. The topological polar surface area (TPSA) is 147 Å². The summed E-state index contributed by atoms with van der Waals surface area (Å²) in [6.07, 6.45) is -0.0586. The number of carboxylic acid groups (broad SMARTS) is 1. The first kappa shape index (κ1) is 20.6. The van der Waals surface area contributed by atoms with Crippen LogP contribution in [-0.4, -0.2) is 57.9 Å². The van der Waals surface area contributed by atoms with Crippen molar-refractivity contribution < 1.29 is 27.9 Å². The number of carbonyl (C=O) groups excluding carboxylic acids is 2. The number of nitrogens with two attached hydrogens (primary N) is 1. The Morgan fingerprint density at radius 2 is 1.82 bits per heavy atom. The van der Waals surface area contributed by atoms with Crippen molar-refractivity contribution in [2.75, 3.05) is 0 Å². The number of sulfonamides is 1. The van der Waals surface area contributed by atoms with Gasteiger partial charge in [0.2, 0.25) is 15.9 Å². The molecule has 0 bridgehead atoms. The van der Waals surface area contributed by atoms with Crippen LogP contribution in [0.1, 0.15) is 26.3 Å². The molecule has 0 aliphatic carbocycles. The van der Waals surface area contributed by atoms with Crippen LogP contribution in [0.25, 0.3) is 0 Å². The van der Waals surface area contributed by atoms with E-state index in [9.17, 15) is 27.9 Å². The second-order valence-corrected chi connectivity index (χ2v) is 10.9. The van der Waals surface area contributed by atoms with Crippen LogP contribution in [0.3, 0.4) is 0 Å². The number of carbonyl (C=O) groups is 3. The van der Waals surface area contributed by atoms with Gasteiger partial charge in [0.05, 0.1) is 11.3 Å². The molecule has 0 aromatic heterocycles.